The Hall–Kier alpha value is -1.57. The molecule has 58 valence electrons. The number of hydrogen-bond donors (Lipinski definition) is 1. The lowest BCUT2D eigenvalue weighted by atomic mass is 10.3. The fraction of sp³-hybridized carbons (Fsp3) is 0.500. The van der Waals surface area contributed by atoms with E-state index in [0.717, 1.165) is 5.82 Å². The van der Waals surface area contributed by atoms with Gasteiger partial charge in [0.05, 0.1) is 6.04 Å². The Kier molecular flexibility index (Phi) is 2.06. The number of nitriles is 1. The molecule has 1 N–H and O–H groups in total. The molecule has 0 radical (unpaired) electrons. The Balaban J connectivity index is 2.77. The molecule has 1 unspecified atom stereocenters. The second kappa shape index (κ2) is 3.01. The van der Waals surface area contributed by atoms with Gasteiger partial charge in [-0.3, -0.25) is 0 Å². The van der Waals surface area contributed by atoms with Crippen LogP contribution in [-0.4, -0.2) is 14.8 Å². The molecule has 0 bridgehead atoms. The van der Waals surface area contributed by atoms with E-state index in [1.807, 2.05) is 20.2 Å². The smallest absolute Gasteiger partial charge is 0.177 e. The van der Waals surface area contributed by atoms with Crippen LogP contribution in [0.1, 0.15) is 18.8 Å². The molecule has 0 aliphatic heterocycles. The van der Waals surface area contributed by atoms with E-state index in [4.69, 9.17) is 5.26 Å². The third-order valence-electron chi connectivity index (χ3n) is 1.41. The fourth-order valence-corrected chi connectivity index (χ4v) is 0.846. The minimum atomic E-state index is -0.0764. The van der Waals surface area contributed by atoms with E-state index in [2.05, 4.69) is 15.5 Å². The molecule has 1 aromatic rings. The second-order valence-corrected chi connectivity index (χ2v) is 2.28. The van der Waals surface area contributed by atoms with Crippen molar-refractivity contribution in [3.8, 4) is 6.19 Å². The minimum absolute atomic E-state index is 0.0764. The number of nitrogens with zero attached hydrogens (tertiary/aromatic N) is 4. The average molecular weight is 151 g/mol. The van der Waals surface area contributed by atoms with Gasteiger partial charge in [0.25, 0.3) is 0 Å². The molecule has 1 atom stereocenters. The predicted molar refractivity (Wildman–Crippen MR) is 38.2 cm³/mol. The SMILES string of the molecule is CC(NC#N)c1nncn1C. The van der Waals surface area contributed by atoms with Crippen LogP contribution in [0.4, 0.5) is 0 Å². The van der Waals surface area contributed by atoms with Gasteiger partial charge >= 0.3 is 0 Å². The van der Waals surface area contributed by atoms with Crippen LogP contribution in [0, 0.1) is 11.5 Å². The zero-order chi connectivity index (χ0) is 8.27. The van der Waals surface area contributed by atoms with E-state index in [-0.39, 0.29) is 6.04 Å². The van der Waals surface area contributed by atoms with Crippen molar-refractivity contribution >= 4 is 0 Å². The first-order valence-corrected chi connectivity index (χ1v) is 3.24. The molecule has 0 saturated carbocycles. The van der Waals surface area contributed by atoms with Gasteiger partial charge in [-0.1, -0.05) is 0 Å². The molecule has 11 heavy (non-hydrogen) atoms. The lowest BCUT2D eigenvalue weighted by Gasteiger charge is -2.06. The highest BCUT2D eigenvalue weighted by molar-refractivity contribution is 4.94. The molecule has 0 aromatic carbocycles. The Morgan fingerprint density at radius 2 is 2.55 bits per heavy atom. The molecule has 1 heterocycles. The predicted octanol–water partition coefficient (Wildman–Crippen LogP) is -0.0532. The maximum atomic E-state index is 8.31. The second-order valence-electron chi connectivity index (χ2n) is 2.28. The molecular weight excluding hydrogens is 142 g/mol. The molecular formula is C6H9N5. The molecule has 1 rings (SSSR count). The van der Waals surface area contributed by atoms with Crippen molar-refractivity contribution < 1.29 is 0 Å². The first kappa shape index (κ1) is 7.54. The van der Waals surface area contributed by atoms with Gasteiger partial charge in [0.2, 0.25) is 0 Å². The van der Waals surface area contributed by atoms with Crippen LogP contribution in [-0.2, 0) is 7.05 Å². The van der Waals surface area contributed by atoms with Crippen molar-refractivity contribution in [2.24, 2.45) is 7.05 Å². The summed E-state index contributed by atoms with van der Waals surface area (Å²) in [5, 5.41) is 18.4. The molecule has 0 amide bonds. The largest absolute Gasteiger partial charge is 0.319 e. The highest BCUT2D eigenvalue weighted by atomic mass is 15.3. The third-order valence-corrected chi connectivity index (χ3v) is 1.41. The first-order chi connectivity index (χ1) is 5.25. The lowest BCUT2D eigenvalue weighted by Crippen LogP contribution is -2.15. The van der Waals surface area contributed by atoms with Gasteiger partial charge in [0.15, 0.2) is 12.0 Å². The standard InChI is InChI=1S/C6H9N5/c1-5(8-3-7)6-10-9-4-11(6)2/h4-5,8H,1-2H3. The van der Waals surface area contributed by atoms with Crippen LogP contribution < -0.4 is 5.32 Å². The van der Waals surface area contributed by atoms with Crippen LogP contribution in [0.5, 0.6) is 0 Å². The van der Waals surface area contributed by atoms with Crippen molar-refractivity contribution in [3.05, 3.63) is 12.2 Å². The summed E-state index contributed by atoms with van der Waals surface area (Å²) >= 11 is 0. The Morgan fingerprint density at radius 3 is 3.00 bits per heavy atom. The number of aryl methyl sites for hydroxylation is 1. The van der Waals surface area contributed by atoms with E-state index in [1.54, 1.807) is 10.9 Å². The van der Waals surface area contributed by atoms with E-state index < -0.39 is 0 Å². The summed E-state index contributed by atoms with van der Waals surface area (Å²) in [6.07, 6.45) is 3.45. The maximum Gasteiger partial charge on any atom is 0.177 e. The van der Waals surface area contributed by atoms with Gasteiger partial charge < -0.3 is 9.88 Å². The highest BCUT2D eigenvalue weighted by Gasteiger charge is 2.08. The maximum absolute atomic E-state index is 8.31. The van der Waals surface area contributed by atoms with Crippen LogP contribution in [0.3, 0.4) is 0 Å². The van der Waals surface area contributed by atoms with E-state index in [0.29, 0.717) is 0 Å². The van der Waals surface area contributed by atoms with E-state index in [1.165, 1.54) is 0 Å². The summed E-state index contributed by atoms with van der Waals surface area (Å²) in [5.74, 6) is 0.756. The third kappa shape index (κ3) is 1.46. The Morgan fingerprint density at radius 1 is 1.82 bits per heavy atom. The molecule has 1 aromatic heterocycles. The number of hydrogen-bond acceptors (Lipinski definition) is 4. The van der Waals surface area contributed by atoms with Crippen molar-refractivity contribution in [1.82, 2.24) is 20.1 Å². The summed E-state index contributed by atoms with van der Waals surface area (Å²) in [4.78, 5) is 0. The average Bonchev–Trinajstić information content (AvgIpc) is 2.36. The van der Waals surface area contributed by atoms with Crippen LogP contribution in [0.2, 0.25) is 0 Å². The molecule has 0 spiro atoms. The van der Waals surface area contributed by atoms with E-state index >= 15 is 0 Å². The summed E-state index contributed by atoms with van der Waals surface area (Å²) < 4.78 is 1.77. The topological polar surface area (TPSA) is 66.5 Å². The summed E-state index contributed by atoms with van der Waals surface area (Å²) in [7, 11) is 1.84. The molecule has 0 aliphatic carbocycles. The quantitative estimate of drug-likeness (QED) is 0.475. The Labute approximate surface area is 64.7 Å². The molecule has 5 nitrogen and oxygen atoms in total. The van der Waals surface area contributed by atoms with Gasteiger partial charge in [-0.25, -0.2) is 0 Å². The van der Waals surface area contributed by atoms with Crippen molar-refractivity contribution in [3.63, 3.8) is 0 Å². The number of aromatic nitrogens is 3. The van der Waals surface area contributed by atoms with E-state index in [9.17, 15) is 0 Å². The summed E-state index contributed by atoms with van der Waals surface area (Å²) in [5.41, 5.74) is 0. The van der Waals surface area contributed by atoms with Crippen molar-refractivity contribution in [2.75, 3.05) is 0 Å². The van der Waals surface area contributed by atoms with Crippen LogP contribution in [0.15, 0.2) is 6.33 Å². The molecule has 0 saturated heterocycles. The normalized spacial score (nSPS) is 12.1. The minimum Gasteiger partial charge on any atom is -0.319 e. The number of rotatable bonds is 2. The first-order valence-electron chi connectivity index (χ1n) is 3.24. The lowest BCUT2D eigenvalue weighted by molar-refractivity contribution is 0.613. The van der Waals surface area contributed by atoms with Gasteiger partial charge in [0.1, 0.15) is 6.33 Å². The molecule has 0 aliphatic rings. The molecule has 5 heteroatoms. The monoisotopic (exact) mass is 151 g/mol. The Bertz CT molecular complexity index is 271. The summed E-state index contributed by atoms with van der Waals surface area (Å²) in [6.45, 7) is 1.85. The van der Waals surface area contributed by atoms with Gasteiger partial charge in [-0.05, 0) is 6.92 Å². The van der Waals surface area contributed by atoms with Gasteiger partial charge in [-0.2, -0.15) is 5.26 Å². The number of nitrogens with one attached hydrogen (secondary N) is 1. The van der Waals surface area contributed by atoms with Crippen LogP contribution >= 0.6 is 0 Å². The zero-order valence-corrected chi connectivity index (χ0v) is 6.44. The highest BCUT2D eigenvalue weighted by Crippen LogP contribution is 2.05. The van der Waals surface area contributed by atoms with Gasteiger partial charge in [0, 0.05) is 7.05 Å². The fourth-order valence-electron chi connectivity index (χ4n) is 0.846. The van der Waals surface area contributed by atoms with Crippen molar-refractivity contribution in [1.29, 1.82) is 5.26 Å². The van der Waals surface area contributed by atoms with Gasteiger partial charge in [-0.15, -0.1) is 10.2 Å². The van der Waals surface area contributed by atoms with Crippen molar-refractivity contribution in [2.45, 2.75) is 13.0 Å². The van der Waals surface area contributed by atoms with Crippen LogP contribution in [0.25, 0.3) is 0 Å². The summed E-state index contributed by atoms with van der Waals surface area (Å²) in [6, 6.07) is -0.0764. The molecule has 0 fully saturated rings. The zero-order valence-electron chi connectivity index (χ0n) is 6.44.